The quantitative estimate of drug-likeness (QED) is 0.667. The van der Waals surface area contributed by atoms with Crippen molar-refractivity contribution < 1.29 is 23.5 Å². The lowest BCUT2D eigenvalue weighted by Crippen LogP contribution is -2.47. The Kier molecular flexibility index (Phi) is 7.88. The zero-order chi connectivity index (χ0) is 21.4. The summed E-state index contributed by atoms with van der Waals surface area (Å²) in [6, 6.07) is 13.5. The van der Waals surface area contributed by atoms with Gasteiger partial charge in [-0.15, -0.1) is 0 Å². The molecule has 0 saturated heterocycles. The Balaban J connectivity index is 1.92. The predicted molar refractivity (Wildman–Crippen MR) is 107 cm³/mol. The van der Waals surface area contributed by atoms with Gasteiger partial charge in [-0.3, -0.25) is 9.59 Å². The first kappa shape index (κ1) is 22.1. The van der Waals surface area contributed by atoms with Crippen molar-refractivity contribution in [1.82, 2.24) is 5.32 Å². The van der Waals surface area contributed by atoms with Gasteiger partial charge in [-0.1, -0.05) is 44.2 Å². The van der Waals surface area contributed by atoms with Crippen LogP contribution in [0, 0.1) is 11.7 Å². The van der Waals surface area contributed by atoms with E-state index in [1.807, 2.05) is 30.3 Å². The standard InChI is InChI=1S/C22H25FN2O4/c1-14(2)20(25-19(26)13-16-7-5-4-6-8-16)22(28)29-15(3)21(27)24-18-11-9-17(23)10-12-18/h4-12,14-15,20H,13H2,1-3H3,(H,24,27)(H,25,26)/t15-,20+/m1/s1. The van der Waals surface area contributed by atoms with Crippen LogP contribution in [-0.4, -0.2) is 29.9 Å². The highest BCUT2D eigenvalue weighted by molar-refractivity contribution is 5.95. The number of hydrogen-bond acceptors (Lipinski definition) is 4. The van der Waals surface area contributed by atoms with Crippen LogP contribution in [0.2, 0.25) is 0 Å². The number of ether oxygens (including phenoxy) is 1. The maximum Gasteiger partial charge on any atom is 0.329 e. The highest BCUT2D eigenvalue weighted by Crippen LogP contribution is 2.11. The number of halogens is 1. The molecule has 0 unspecified atom stereocenters. The summed E-state index contributed by atoms with van der Waals surface area (Å²) >= 11 is 0. The second kappa shape index (κ2) is 10.4. The Morgan fingerprint density at radius 3 is 2.17 bits per heavy atom. The molecule has 6 nitrogen and oxygen atoms in total. The minimum absolute atomic E-state index is 0.137. The Morgan fingerprint density at radius 2 is 1.59 bits per heavy atom. The summed E-state index contributed by atoms with van der Waals surface area (Å²) in [7, 11) is 0. The van der Waals surface area contributed by atoms with Crippen LogP contribution in [0.3, 0.4) is 0 Å². The van der Waals surface area contributed by atoms with E-state index in [0.29, 0.717) is 5.69 Å². The zero-order valence-electron chi connectivity index (χ0n) is 16.6. The van der Waals surface area contributed by atoms with Gasteiger partial charge >= 0.3 is 5.97 Å². The summed E-state index contributed by atoms with van der Waals surface area (Å²) in [5, 5.41) is 5.22. The van der Waals surface area contributed by atoms with Gasteiger partial charge < -0.3 is 15.4 Å². The van der Waals surface area contributed by atoms with Crippen molar-refractivity contribution in [3.05, 3.63) is 66.0 Å². The molecule has 0 spiro atoms. The van der Waals surface area contributed by atoms with Gasteiger partial charge in [-0.25, -0.2) is 9.18 Å². The van der Waals surface area contributed by atoms with E-state index in [-0.39, 0.29) is 18.2 Å². The van der Waals surface area contributed by atoms with Gasteiger partial charge in [0.1, 0.15) is 11.9 Å². The van der Waals surface area contributed by atoms with Crippen molar-refractivity contribution in [2.45, 2.75) is 39.3 Å². The van der Waals surface area contributed by atoms with Crippen LogP contribution in [0.15, 0.2) is 54.6 Å². The first-order valence-electron chi connectivity index (χ1n) is 9.36. The van der Waals surface area contributed by atoms with Crippen molar-refractivity contribution in [1.29, 1.82) is 0 Å². The van der Waals surface area contributed by atoms with Gasteiger partial charge in [0.05, 0.1) is 6.42 Å². The molecule has 2 amide bonds. The maximum atomic E-state index is 12.9. The number of carbonyl (C=O) groups is 3. The van der Waals surface area contributed by atoms with E-state index in [0.717, 1.165) is 5.56 Å². The third-order valence-corrected chi connectivity index (χ3v) is 4.22. The molecule has 0 aliphatic carbocycles. The molecule has 154 valence electrons. The molecule has 0 bridgehead atoms. The number of hydrogen-bond donors (Lipinski definition) is 2. The van der Waals surface area contributed by atoms with E-state index in [1.165, 1.54) is 31.2 Å². The van der Waals surface area contributed by atoms with Gasteiger partial charge in [-0.2, -0.15) is 0 Å². The van der Waals surface area contributed by atoms with Crippen molar-refractivity contribution in [2.24, 2.45) is 5.92 Å². The van der Waals surface area contributed by atoms with Crippen LogP contribution >= 0.6 is 0 Å². The second-order valence-electron chi connectivity index (χ2n) is 7.03. The Labute approximate surface area is 169 Å². The van der Waals surface area contributed by atoms with E-state index >= 15 is 0 Å². The number of rotatable bonds is 8. The van der Waals surface area contributed by atoms with E-state index in [1.54, 1.807) is 13.8 Å². The number of nitrogens with one attached hydrogen (secondary N) is 2. The molecule has 0 heterocycles. The number of benzene rings is 2. The summed E-state index contributed by atoms with van der Waals surface area (Å²) < 4.78 is 18.2. The summed E-state index contributed by atoms with van der Waals surface area (Å²) in [5.74, 6) is -2.20. The van der Waals surface area contributed by atoms with Crippen LogP contribution in [-0.2, 0) is 25.5 Å². The van der Waals surface area contributed by atoms with Gasteiger partial charge in [-0.05, 0) is 42.7 Å². The van der Waals surface area contributed by atoms with Gasteiger partial charge in [0, 0.05) is 5.69 Å². The molecule has 0 radical (unpaired) electrons. The maximum absolute atomic E-state index is 12.9. The van der Waals surface area contributed by atoms with E-state index in [4.69, 9.17) is 4.74 Å². The van der Waals surface area contributed by atoms with Crippen molar-refractivity contribution in [2.75, 3.05) is 5.32 Å². The van der Waals surface area contributed by atoms with Gasteiger partial charge in [0.25, 0.3) is 5.91 Å². The fourth-order valence-corrected chi connectivity index (χ4v) is 2.58. The molecule has 0 fully saturated rings. The SMILES string of the molecule is CC(C)[C@H](NC(=O)Cc1ccccc1)C(=O)O[C@H](C)C(=O)Nc1ccc(F)cc1. The van der Waals surface area contributed by atoms with Crippen molar-refractivity contribution in [3.8, 4) is 0 Å². The highest BCUT2D eigenvalue weighted by Gasteiger charge is 2.29. The number of anilines is 1. The Bertz CT molecular complexity index is 838. The first-order chi connectivity index (χ1) is 13.8. The molecule has 0 aliphatic rings. The van der Waals surface area contributed by atoms with Crippen LogP contribution in [0.25, 0.3) is 0 Å². The molecule has 0 aliphatic heterocycles. The minimum Gasteiger partial charge on any atom is -0.451 e. The van der Waals surface area contributed by atoms with Crippen molar-refractivity contribution >= 4 is 23.5 Å². The average molecular weight is 400 g/mol. The number of carbonyl (C=O) groups excluding carboxylic acids is 3. The molecule has 0 saturated carbocycles. The number of esters is 1. The lowest BCUT2D eigenvalue weighted by Gasteiger charge is -2.23. The molecular formula is C22H25FN2O4. The predicted octanol–water partition coefficient (Wildman–Crippen LogP) is 3.08. The van der Waals surface area contributed by atoms with Crippen LogP contribution < -0.4 is 10.6 Å². The van der Waals surface area contributed by atoms with E-state index in [9.17, 15) is 18.8 Å². The zero-order valence-corrected chi connectivity index (χ0v) is 16.6. The monoisotopic (exact) mass is 400 g/mol. The van der Waals surface area contributed by atoms with Gasteiger partial charge in [0.15, 0.2) is 6.10 Å². The van der Waals surface area contributed by atoms with Crippen LogP contribution in [0.5, 0.6) is 0 Å². The fourth-order valence-electron chi connectivity index (χ4n) is 2.58. The topological polar surface area (TPSA) is 84.5 Å². The Morgan fingerprint density at radius 1 is 0.966 bits per heavy atom. The second-order valence-corrected chi connectivity index (χ2v) is 7.03. The molecule has 2 aromatic carbocycles. The van der Waals surface area contributed by atoms with E-state index < -0.39 is 29.8 Å². The molecule has 0 aromatic heterocycles. The lowest BCUT2D eigenvalue weighted by molar-refractivity contribution is -0.157. The third-order valence-electron chi connectivity index (χ3n) is 4.22. The summed E-state index contributed by atoms with van der Waals surface area (Å²) in [6.07, 6.45) is -0.947. The normalized spacial score (nSPS) is 12.7. The van der Waals surface area contributed by atoms with Gasteiger partial charge in [0.2, 0.25) is 5.91 Å². The minimum atomic E-state index is -1.08. The van der Waals surface area contributed by atoms with E-state index in [2.05, 4.69) is 10.6 Å². The molecule has 2 rings (SSSR count). The highest BCUT2D eigenvalue weighted by atomic mass is 19.1. The molecule has 7 heteroatoms. The summed E-state index contributed by atoms with van der Waals surface area (Å²) in [5.41, 5.74) is 1.21. The molecule has 2 aromatic rings. The number of amides is 2. The van der Waals surface area contributed by atoms with Crippen molar-refractivity contribution in [3.63, 3.8) is 0 Å². The van der Waals surface area contributed by atoms with Crippen LogP contribution in [0.4, 0.5) is 10.1 Å². The summed E-state index contributed by atoms with van der Waals surface area (Å²) in [6.45, 7) is 4.98. The fraction of sp³-hybridized carbons (Fsp3) is 0.318. The lowest BCUT2D eigenvalue weighted by atomic mass is 10.0. The summed E-state index contributed by atoms with van der Waals surface area (Å²) in [4.78, 5) is 37.0. The Hall–Kier alpha value is -3.22. The van der Waals surface area contributed by atoms with Crippen LogP contribution in [0.1, 0.15) is 26.3 Å². The molecular weight excluding hydrogens is 375 g/mol. The average Bonchev–Trinajstić information content (AvgIpc) is 2.68. The molecule has 2 N–H and O–H groups in total. The third kappa shape index (κ3) is 7.03. The smallest absolute Gasteiger partial charge is 0.329 e. The molecule has 2 atom stereocenters. The largest absolute Gasteiger partial charge is 0.451 e. The molecule has 29 heavy (non-hydrogen) atoms. The first-order valence-corrected chi connectivity index (χ1v) is 9.36.